The van der Waals surface area contributed by atoms with Crippen molar-refractivity contribution in [1.82, 2.24) is 4.98 Å². The van der Waals surface area contributed by atoms with Crippen LogP contribution in [0.4, 0.5) is 0 Å². The molecular weight excluding hydrogens is 334 g/mol. The van der Waals surface area contributed by atoms with Crippen molar-refractivity contribution in [3.8, 4) is 0 Å². The summed E-state index contributed by atoms with van der Waals surface area (Å²) in [6.07, 6.45) is 1.90. The van der Waals surface area contributed by atoms with Crippen molar-refractivity contribution in [2.75, 3.05) is 0 Å². The van der Waals surface area contributed by atoms with Gasteiger partial charge in [0.15, 0.2) is 18.6 Å². The van der Waals surface area contributed by atoms with Gasteiger partial charge in [0, 0.05) is 17.1 Å². The maximum Gasteiger partial charge on any atom is 0.192 e. The highest BCUT2D eigenvalue weighted by molar-refractivity contribution is 9.10. The number of rotatable bonds is 3. The van der Waals surface area contributed by atoms with Crippen LogP contribution in [-0.2, 0) is 11.0 Å². The van der Waals surface area contributed by atoms with Gasteiger partial charge in [-0.2, -0.15) is 0 Å². The standard InChI is InChI=1S/C15H22BrNO2Si/c1-10-14-12(7-13(16)19-14)11(8-17-10)9-18-20(5,6)15(2,3)4/h7-8H,9H2,1-6H3. The summed E-state index contributed by atoms with van der Waals surface area (Å²) in [6, 6.07) is 1.99. The van der Waals surface area contributed by atoms with Crippen LogP contribution in [0.1, 0.15) is 32.0 Å². The molecule has 0 unspecified atom stereocenters. The van der Waals surface area contributed by atoms with Gasteiger partial charge in [-0.05, 0) is 47.1 Å². The minimum Gasteiger partial charge on any atom is -0.447 e. The third-order valence-corrected chi connectivity index (χ3v) is 9.05. The van der Waals surface area contributed by atoms with E-state index in [-0.39, 0.29) is 5.04 Å². The quantitative estimate of drug-likeness (QED) is 0.689. The summed E-state index contributed by atoms with van der Waals surface area (Å²) in [5, 5.41) is 1.30. The number of nitrogens with zero attached hydrogens (tertiary/aromatic N) is 1. The Kier molecular flexibility index (Phi) is 4.15. The van der Waals surface area contributed by atoms with Crippen LogP contribution >= 0.6 is 15.9 Å². The molecule has 2 aromatic rings. The van der Waals surface area contributed by atoms with E-state index in [0.717, 1.165) is 26.9 Å². The second-order valence-electron chi connectivity index (χ2n) is 6.71. The van der Waals surface area contributed by atoms with Gasteiger partial charge < -0.3 is 8.84 Å². The number of furan rings is 1. The summed E-state index contributed by atoms with van der Waals surface area (Å²) >= 11 is 3.39. The summed E-state index contributed by atoms with van der Waals surface area (Å²) in [5.74, 6) is 0. The van der Waals surface area contributed by atoms with Crippen LogP contribution in [-0.4, -0.2) is 13.3 Å². The van der Waals surface area contributed by atoms with E-state index in [1.807, 2.05) is 19.2 Å². The number of hydrogen-bond donors (Lipinski definition) is 0. The fourth-order valence-corrected chi connectivity index (χ4v) is 3.10. The number of halogens is 1. The van der Waals surface area contributed by atoms with Crippen LogP contribution in [0.2, 0.25) is 18.1 Å². The molecule has 0 spiro atoms. The zero-order valence-corrected chi connectivity index (χ0v) is 15.6. The Morgan fingerprint density at radius 2 is 2.00 bits per heavy atom. The Hall–Kier alpha value is -0.653. The van der Waals surface area contributed by atoms with E-state index in [1.165, 1.54) is 0 Å². The molecule has 0 N–H and O–H groups in total. The lowest BCUT2D eigenvalue weighted by molar-refractivity contribution is 0.277. The Balaban J connectivity index is 2.29. The molecule has 2 heterocycles. The van der Waals surface area contributed by atoms with Gasteiger partial charge in [0.1, 0.15) is 0 Å². The first-order valence-electron chi connectivity index (χ1n) is 6.79. The normalized spacial score (nSPS) is 13.2. The zero-order valence-electron chi connectivity index (χ0n) is 13.0. The highest BCUT2D eigenvalue weighted by Crippen LogP contribution is 2.37. The molecule has 0 amide bonds. The van der Waals surface area contributed by atoms with Crippen molar-refractivity contribution in [2.45, 2.75) is 52.4 Å². The number of pyridine rings is 1. The first kappa shape index (κ1) is 15.7. The topological polar surface area (TPSA) is 35.3 Å². The highest BCUT2D eigenvalue weighted by Gasteiger charge is 2.37. The lowest BCUT2D eigenvalue weighted by atomic mass is 10.2. The highest BCUT2D eigenvalue weighted by atomic mass is 79.9. The molecule has 0 bridgehead atoms. The van der Waals surface area contributed by atoms with Gasteiger partial charge >= 0.3 is 0 Å². The van der Waals surface area contributed by atoms with Gasteiger partial charge in [0.25, 0.3) is 0 Å². The molecule has 0 fully saturated rings. The number of aromatic nitrogens is 1. The van der Waals surface area contributed by atoms with E-state index in [4.69, 9.17) is 8.84 Å². The van der Waals surface area contributed by atoms with E-state index in [1.54, 1.807) is 0 Å². The largest absolute Gasteiger partial charge is 0.447 e. The van der Waals surface area contributed by atoms with Gasteiger partial charge in [-0.3, -0.25) is 4.98 Å². The second-order valence-corrected chi connectivity index (χ2v) is 12.3. The summed E-state index contributed by atoms with van der Waals surface area (Å²) in [7, 11) is -1.75. The fraction of sp³-hybridized carbons (Fsp3) is 0.533. The van der Waals surface area contributed by atoms with Crippen LogP contribution in [0.3, 0.4) is 0 Å². The molecule has 0 radical (unpaired) electrons. The lowest BCUT2D eigenvalue weighted by Crippen LogP contribution is -2.40. The molecule has 2 aromatic heterocycles. The van der Waals surface area contributed by atoms with Crippen LogP contribution < -0.4 is 0 Å². The summed E-state index contributed by atoms with van der Waals surface area (Å²) in [6.45, 7) is 13.8. The molecule has 0 saturated carbocycles. The molecule has 110 valence electrons. The minimum absolute atomic E-state index is 0.210. The van der Waals surface area contributed by atoms with Crippen molar-refractivity contribution in [2.24, 2.45) is 0 Å². The van der Waals surface area contributed by atoms with Crippen molar-refractivity contribution in [1.29, 1.82) is 0 Å². The van der Waals surface area contributed by atoms with Crippen LogP contribution in [0.15, 0.2) is 21.3 Å². The first-order chi connectivity index (χ1) is 9.12. The van der Waals surface area contributed by atoms with Crippen molar-refractivity contribution < 1.29 is 8.84 Å². The van der Waals surface area contributed by atoms with E-state index in [9.17, 15) is 0 Å². The SMILES string of the molecule is Cc1ncc(CO[Si](C)(C)C(C)(C)C)c2cc(Br)oc12. The van der Waals surface area contributed by atoms with Crippen LogP contribution in [0.5, 0.6) is 0 Å². The molecule has 20 heavy (non-hydrogen) atoms. The fourth-order valence-electron chi connectivity index (χ4n) is 1.76. The molecule has 2 rings (SSSR count). The third-order valence-electron chi connectivity index (χ3n) is 4.19. The van der Waals surface area contributed by atoms with Gasteiger partial charge in [0.05, 0.1) is 12.3 Å². The van der Waals surface area contributed by atoms with Crippen molar-refractivity contribution in [3.05, 3.63) is 28.2 Å². The van der Waals surface area contributed by atoms with Gasteiger partial charge in [-0.15, -0.1) is 0 Å². The van der Waals surface area contributed by atoms with E-state index in [0.29, 0.717) is 6.61 Å². The van der Waals surface area contributed by atoms with Gasteiger partial charge in [-0.25, -0.2) is 0 Å². The third kappa shape index (κ3) is 2.99. The smallest absolute Gasteiger partial charge is 0.192 e. The molecule has 0 aliphatic carbocycles. The van der Waals surface area contributed by atoms with E-state index < -0.39 is 8.32 Å². The second kappa shape index (κ2) is 5.28. The minimum atomic E-state index is -1.75. The molecular formula is C15H22BrNO2Si. The van der Waals surface area contributed by atoms with Gasteiger partial charge in [-0.1, -0.05) is 20.8 Å². The molecule has 0 aliphatic rings. The van der Waals surface area contributed by atoms with Crippen molar-refractivity contribution in [3.63, 3.8) is 0 Å². The summed E-state index contributed by atoms with van der Waals surface area (Å²) in [5.41, 5.74) is 2.83. The Bertz CT molecular complexity index is 629. The maximum absolute atomic E-state index is 6.28. The zero-order chi connectivity index (χ0) is 15.1. The molecule has 3 nitrogen and oxygen atoms in total. The van der Waals surface area contributed by atoms with Crippen LogP contribution in [0.25, 0.3) is 11.0 Å². The number of hydrogen-bond acceptors (Lipinski definition) is 3. The molecule has 0 aliphatic heterocycles. The molecule has 5 heteroatoms. The predicted octanol–water partition coefficient (Wildman–Crippen LogP) is 5.42. The monoisotopic (exact) mass is 355 g/mol. The predicted molar refractivity (Wildman–Crippen MR) is 88.4 cm³/mol. The van der Waals surface area contributed by atoms with Crippen molar-refractivity contribution >= 4 is 35.2 Å². The first-order valence-corrected chi connectivity index (χ1v) is 10.5. The van der Waals surface area contributed by atoms with Crippen LogP contribution in [0, 0.1) is 6.92 Å². The summed E-state index contributed by atoms with van der Waals surface area (Å²) in [4.78, 5) is 4.40. The average molecular weight is 356 g/mol. The Morgan fingerprint density at radius 1 is 1.35 bits per heavy atom. The Morgan fingerprint density at radius 3 is 2.60 bits per heavy atom. The molecule has 0 saturated heterocycles. The number of fused-ring (bicyclic) bond motifs is 1. The Labute approximate surface area is 130 Å². The van der Waals surface area contributed by atoms with E-state index in [2.05, 4.69) is 54.8 Å². The number of aryl methyl sites for hydroxylation is 1. The molecule has 0 aromatic carbocycles. The lowest BCUT2D eigenvalue weighted by Gasteiger charge is -2.36. The summed E-state index contributed by atoms with van der Waals surface area (Å²) < 4.78 is 12.7. The molecule has 0 atom stereocenters. The van der Waals surface area contributed by atoms with E-state index >= 15 is 0 Å². The van der Waals surface area contributed by atoms with Gasteiger partial charge in [0.2, 0.25) is 0 Å². The maximum atomic E-state index is 6.28. The average Bonchev–Trinajstić information content (AvgIpc) is 2.69.